The van der Waals surface area contributed by atoms with Crippen LogP contribution in [0.3, 0.4) is 0 Å². The van der Waals surface area contributed by atoms with E-state index < -0.39 is 27.1 Å². The highest BCUT2D eigenvalue weighted by molar-refractivity contribution is 7.81. The molecular weight excluding hydrogens is 274 g/mol. The van der Waals surface area contributed by atoms with Crippen LogP contribution in [0, 0.1) is 20.2 Å². The lowest BCUT2D eigenvalue weighted by molar-refractivity contribution is -0.392. The van der Waals surface area contributed by atoms with Gasteiger partial charge in [-0.2, -0.15) is 12.6 Å². The zero-order chi connectivity index (χ0) is 14.2. The maximum absolute atomic E-state index is 11.8. The van der Waals surface area contributed by atoms with Crippen LogP contribution in [0.1, 0.15) is 6.42 Å². The number of carbonyl (C=O) groups is 1. The van der Waals surface area contributed by atoms with Gasteiger partial charge in [0.2, 0.25) is 11.6 Å². The summed E-state index contributed by atoms with van der Waals surface area (Å²) in [5.41, 5.74) is -1.17. The second-order valence-electron chi connectivity index (χ2n) is 4.02. The summed E-state index contributed by atoms with van der Waals surface area (Å²) >= 11 is 4.13. The molecule has 0 N–H and O–H groups in total. The molecule has 0 radical (unpaired) electrons. The number of para-hydroxylation sites is 1. The second-order valence-corrected chi connectivity index (χ2v) is 4.75. The fourth-order valence-electron chi connectivity index (χ4n) is 2.00. The molecule has 2 rings (SSSR count). The number of thiol groups is 1. The van der Waals surface area contributed by atoms with Crippen molar-refractivity contribution in [2.75, 3.05) is 11.4 Å². The van der Waals surface area contributed by atoms with Crippen LogP contribution in [0.2, 0.25) is 0 Å². The Labute approximate surface area is 112 Å². The summed E-state index contributed by atoms with van der Waals surface area (Å²) in [6.45, 7) is 0.119. The van der Waals surface area contributed by atoms with Crippen molar-refractivity contribution in [3.63, 3.8) is 0 Å². The summed E-state index contributed by atoms with van der Waals surface area (Å²) in [6, 6.07) is 3.50. The third-order valence-electron chi connectivity index (χ3n) is 2.76. The first-order valence-corrected chi connectivity index (χ1v) is 5.83. The van der Waals surface area contributed by atoms with E-state index in [1.807, 2.05) is 0 Å². The molecule has 0 bridgehead atoms. The van der Waals surface area contributed by atoms with Gasteiger partial charge in [0.05, 0.1) is 9.85 Å². The van der Waals surface area contributed by atoms with Crippen molar-refractivity contribution < 1.29 is 14.6 Å². The largest absolute Gasteiger partial charge is 0.300 e. The van der Waals surface area contributed by atoms with Crippen molar-refractivity contribution in [2.45, 2.75) is 11.7 Å². The summed E-state index contributed by atoms with van der Waals surface area (Å²) in [5.74, 6) is -0.405. The number of hydrogen-bond acceptors (Lipinski definition) is 6. The molecule has 0 saturated carbocycles. The first kappa shape index (κ1) is 13.3. The van der Waals surface area contributed by atoms with Gasteiger partial charge in [0.15, 0.2) is 0 Å². The first-order chi connectivity index (χ1) is 8.91. The Bertz CT molecular complexity index is 544. The van der Waals surface area contributed by atoms with Gasteiger partial charge >= 0.3 is 0 Å². The highest BCUT2D eigenvalue weighted by Gasteiger charge is 2.37. The fourth-order valence-corrected chi connectivity index (χ4v) is 2.32. The highest BCUT2D eigenvalue weighted by Crippen LogP contribution is 2.39. The number of rotatable bonds is 3. The van der Waals surface area contributed by atoms with Crippen LogP contribution in [0.4, 0.5) is 17.1 Å². The van der Waals surface area contributed by atoms with Crippen molar-refractivity contribution >= 4 is 35.6 Å². The van der Waals surface area contributed by atoms with Crippen LogP contribution >= 0.6 is 12.6 Å². The molecule has 1 atom stereocenters. The van der Waals surface area contributed by atoms with E-state index >= 15 is 0 Å². The van der Waals surface area contributed by atoms with Crippen molar-refractivity contribution in [3.05, 3.63) is 38.4 Å². The SMILES string of the molecule is O=C1CC(S)CN1c1c([N+](=O)[O-])cccc1[N+](=O)[O-]. The van der Waals surface area contributed by atoms with E-state index in [4.69, 9.17) is 0 Å². The minimum Gasteiger partial charge on any atom is -0.300 e. The van der Waals surface area contributed by atoms with E-state index in [1.165, 1.54) is 6.07 Å². The van der Waals surface area contributed by atoms with Gasteiger partial charge in [-0.3, -0.25) is 29.9 Å². The Hall–Kier alpha value is -2.16. The van der Waals surface area contributed by atoms with Crippen molar-refractivity contribution in [1.82, 2.24) is 0 Å². The molecular formula is C10H9N3O5S. The number of nitro benzene ring substituents is 2. The topological polar surface area (TPSA) is 107 Å². The molecule has 1 amide bonds. The molecule has 1 aromatic rings. The molecule has 1 heterocycles. The van der Waals surface area contributed by atoms with E-state index in [-0.39, 0.29) is 23.9 Å². The number of hydrogen-bond donors (Lipinski definition) is 1. The van der Waals surface area contributed by atoms with Crippen molar-refractivity contribution in [1.29, 1.82) is 0 Å². The van der Waals surface area contributed by atoms with Crippen molar-refractivity contribution in [3.8, 4) is 0 Å². The monoisotopic (exact) mass is 283 g/mol. The Morgan fingerprint density at radius 3 is 2.11 bits per heavy atom. The van der Waals surface area contributed by atoms with Crippen LogP contribution in [0.15, 0.2) is 18.2 Å². The maximum Gasteiger partial charge on any atom is 0.300 e. The third kappa shape index (κ3) is 2.36. The van der Waals surface area contributed by atoms with E-state index in [1.54, 1.807) is 0 Å². The minimum absolute atomic E-state index is 0.103. The molecule has 0 aliphatic carbocycles. The summed E-state index contributed by atoms with van der Waals surface area (Å²) < 4.78 is 0. The summed E-state index contributed by atoms with van der Waals surface area (Å²) in [6.07, 6.45) is 0.103. The fraction of sp³-hybridized carbons (Fsp3) is 0.300. The Morgan fingerprint density at radius 2 is 1.74 bits per heavy atom. The van der Waals surface area contributed by atoms with E-state index in [0.717, 1.165) is 17.0 Å². The molecule has 100 valence electrons. The smallest absolute Gasteiger partial charge is 0.300 e. The lowest BCUT2D eigenvalue weighted by Gasteiger charge is -2.15. The Morgan fingerprint density at radius 1 is 1.21 bits per heavy atom. The molecule has 1 saturated heterocycles. The van der Waals surface area contributed by atoms with Gasteiger partial charge in [0.25, 0.3) is 11.4 Å². The van der Waals surface area contributed by atoms with Crippen LogP contribution in [0.25, 0.3) is 0 Å². The average Bonchev–Trinajstić information content (AvgIpc) is 2.67. The molecule has 1 unspecified atom stereocenters. The number of carbonyl (C=O) groups excluding carboxylic acids is 1. The highest BCUT2D eigenvalue weighted by atomic mass is 32.1. The molecule has 1 aliphatic rings. The summed E-state index contributed by atoms with van der Waals surface area (Å²) in [5, 5.41) is 21.6. The zero-order valence-electron chi connectivity index (χ0n) is 9.55. The normalized spacial score (nSPS) is 18.7. The van der Waals surface area contributed by atoms with Crippen molar-refractivity contribution in [2.24, 2.45) is 0 Å². The number of amides is 1. The standard InChI is InChI=1S/C10H9N3O5S/c14-9-4-6(19)5-11(9)10-7(12(15)16)2-1-3-8(10)13(17)18/h1-3,6,19H,4-5H2. The van der Waals surface area contributed by atoms with Crippen LogP contribution in [-0.4, -0.2) is 27.5 Å². The number of benzene rings is 1. The molecule has 19 heavy (non-hydrogen) atoms. The lowest BCUT2D eigenvalue weighted by Crippen LogP contribution is -2.26. The molecule has 0 aromatic heterocycles. The number of nitrogens with zero attached hydrogens (tertiary/aromatic N) is 3. The van der Waals surface area contributed by atoms with Gasteiger partial charge in [-0.1, -0.05) is 0 Å². The third-order valence-corrected chi connectivity index (χ3v) is 3.11. The molecule has 1 fully saturated rings. The number of anilines is 1. The van der Waals surface area contributed by atoms with Gasteiger partial charge in [-0.25, -0.2) is 0 Å². The second kappa shape index (κ2) is 4.84. The maximum atomic E-state index is 11.8. The molecule has 0 spiro atoms. The molecule has 1 aromatic carbocycles. The Balaban J connectivity index is 2.62. The van der Waals surface area contributed by atoms with Gasteiger partial charge in [0, 0.05) is 30.3 Å². The molecule has 9 heteroatoms. The predicted octanol–water partition coefficient (Wildman–Crippen LogP) is 1.54. The quantitative estimate of drug-likeness (QED) is 0.514. The van der Waals surface area contributed by atoms with Crippen LogP contribution < -0.4 is 4.90 Å². The zero-order valence-corrected chi connectivity index (χ0v) is 10.4. The summed E-state index contributed by atoms with van der Waals surface area (Å²) in [4.78, 5) is 33.3. The predicted molar refractivity (Wildman–Crippen MR) is 69.5 cm³/mol. The minimum atomic E-state index is -0.735. The number of nitro groups is 2. The molecule has 1 aliphatic heterocycles. The van der Waals surface area contributed by atoms with Gasteiger partial charge in [0.1, 0.15) is 0 Å². The molecule has 8 nitrogen and oxygen atoms in total. The Kier molecular flexibility index (Phi) is 3.38. The van der Waals surface area contributed by atoms with E-state index in [0.29, 0.717) is 0 Å². The van der Waals surface area contributed by atoms with Gasteiger partial charge < -0.3 is 0 Å². The average molecular weight is 283 g/mol. The van der Waals surface area contributed by atoms with Gasteiger partial charge in [-0.15, -0.1) is 0 Å². The van der Waals surface area contributed by atoms with Crippen LogP contribution in [0.5, 0.6) is 0 Å². The lowest BCUT2D eigenvalue weighted by atomic mass is 10.2. The van der Waals surface area contributed by atoms with Gasteiger partial charge in [-0.05, 0) is 6.07 Å². The first-order valence-electron chi connectivity index (χ1n) is 5.32. The van der Waals surface area contributed by atoms with E-state index in [9.17, 15) is 25.0 Å². The van der Waals surface area contributed by atoms with Crippen LogP contribution in [-0.2, 0) is 4.79 Å². The van der Waals surface area contributed by atoms with E-state index in [2.05, 4.69) is 12.6 Å². The summed E-state index contributed by atoms with van der Waals surface area (Å²) in [7, 11) is 0.